The molecule has 3 rings (SSSR count). The Balaban J connectivity index is 1.99. The highest BCUT2D eigenvalue weighted by atomic mass is 16.5. The van der Waals surface area contributed by atoms with Crippen LogP contribution in [0.2, 0.25) is 0 Å². The molecule has 1 amide bonds. The molecule has 0 unspecified atom stereocenters. The summed E-state index contributed by atoms with van der Waals surface area (Å²) in [6.07, 6.45) is -1.05. The number of benzene rings is 2. The van der Waals surface area contributed by atoms with Gasteiger partial charge in [-0.1, -0.05) is 17.2 Å². The van der Waals surface area contributed by atoms with Crippen molar-refractivity contribution < 1.29 is 19.4 Å². The summed E-state index contributed by atoms with van der Waals surface area (Å²) in [4.78, 5) is 27.3. The molecule has 0 aliphatic carbocycles. The molecular weight excluding hydrogens is 360 g/mol. The Morgan fingerprint density at radius 2 is 1.96 bits per heavy atom. The van der Waals surface area contributed by atoms with Crippen LogP contribution in [0.15, 0.2) is 47.6 Å². The van der Waals surface area contributed by atoms with E-state index in [1.54, 1.807) is 50.2 Å². The summed E-state index contributed by atoms with van der Waals surface area (Å²) >= 11 is 0. The van der Waals surface area contributed by atoms with Crippen molar-refractivity contribution in [2.45, 2.75) is 38.5 Å². The maximum atomic E-state index is 12.8. The monoisotopic (exact) mass is 380 g/mol. The first-order chi connectivity index (χ1) is 13.2. The molecule has 8 nitrogen and oxygen atoms in total. The van der Waals surface area contributed by atoms with Crippen LogP contribution in [-0.2, 0) is 0 Å². The molecule has 2 N–H and O–H groups in total. The standard InChI is InChI=1S/C20H20N4O4/c1-11(25)12-7-8-16-15(10-12)17(18(26)20(2,3)28-16)22-19(27)13-5-4-6-14(9-13)23-24-21/h4-10,17-18,26H,1-3H3,(H,22,27)/t17-,18+/m1/s1. The van der Waals surface area contributed by atoms with Crippen LogP contribution in [-0.4, -0.2) is 28.5 Å². The van der Waals surface area contributed by atoms with Gasteiger partial charge in [0.25, 0.3) is 5.91 Å². The van der Waals surface area contributed by atoms with Gasteiger partial charge in [0.05, 0.1) is 6.04 Å². The summed E-state index contributed by atoms with van der Waals surface area (Å²) in [5.74, 6) is -0.0846. The Hall–Kier alpha value is -3.35. The lowest BCUT2D eigenvalue weighted by Crippen LogP contribution is -2.53. The van der Waals surface area contributed by atoms with E-state index in [0.29, 0.717) is 22.6 Å². The van der Waals surface area contributed by atoms with Gasteiger partial charge in [-0.05, 0) is 56.6 Å². The Labute approximate surface area is 161 Å². The van der Waals surface area contributed by atoms with Gasteiger partial charge in [-0.3, -0.25) is 9.59 Å². The smallest absolute Gasteiger partial charge is 0.251 e. The molecular formula is C20H20N4O4. The SMILES string of the molecule is CC(=O)c1ccc2c(c1)[C@@H](NC(=O)c1cccc(N=[N+]=[N-])c1)[C@H](O)C(C)(C)O2. The van der Waals surface area contributed by atoms with Crippen molar-refractivity contribution in [2.24, 2.45) is 5.11 Å². The molecule has 0 fully saturated rings. The van der Waals surface area contributed by atoms with Crippen molar-refractivity contribution in [3.63, 3.8) is 0 Å². The molecule has 1 aliphatic heterocycles. The number of rotatable bonds is 4. The molecule has 144 valence electrons. The fourth-order valence-electron chi connectivity index (χ4n) is 3.16. The molecule has 0 saturated carbocycles. The number of ether oxygens (including phenoxy) is 1. The second-order valence-electron chi connectivity index (χ2n) is 7.15. The average Bonchev–Trinajstić information content (AvgIpc) is 2.65. The van der Waals surface area contributed by atoms with Crippen molar-refractivity contribution in [2.75, 3.05) is 0 Å². The lowest BCUT2D eigenvalue weighted by Gasteiger charge is -2.42. The molecule has 8 heteroatoms. The third kappa shape index (κ3) is 3.69. The molecule has 2 aromatic carbocycles. The van der Waals surface area contributed by atoms with Crippen LogP contribution in [0.4, 0.5) is 5.69 Å². The van der Waals surface area contributed by atoms with Crippen molar-refractivity contribution in [1.29, 1.82) is 0 Å². The van der Waals surface area contributed by atoms with E-state index in [1.807, 2.05) is 0 Å². The first-order valence-corrected chi connectivity index (χ1v) is 8.71. The van der Waals surface area contributed by atoms with Crippen molar-refractivity contribution in [3.05, 3.63) is 69.6 Å². The average molecular weight is 380 g/mol. The summed E-state index contributed by atoms with van der Waals surface area (Å²) in [5, 5.41) is 17.1. The molecule has 1 aliphatic rings. The van der Waals surface area contributed by atoms with E-state index < -0.39 is 23.7 Å². The lowest BCUT2D eigenvalue weighted by molar-refractivity contribution is -0.0627. The van der Waals surface area contributed by atoms with Crippen LogP contribution in [0.5, 0.6) is 5.75 Å². The van der Waals surface area contributed by atoms with Crippen molar-refractivity contribution >= 4 is 17.4 Å². The molecule has 2 atom stereocenters. The predicted molar refractivity (Wildman–Crippen MR) is 103 cm³/mol. The molecule has 0 aromatic heterocycles. The van der Waals surface area contributed by atoms with Gasteiger partial charge in [0.2, 0.25) is 0 Å². The van der Waals surface area contributed by atoms with E-state index in [1.165, 1.54) is 13.0 Å². The number of aliphatic hydroxyl groups is 1. The Morgan fingerprint density at radius 3 is 2.64 bits per heavy atom. The van der Waals surface area contributed by atoms with Crippen molar-refractivity contribution in [1.82, 2.24) is 5.32 Å². The van der Waals surface area contributed by atoms with E-state index >= 15 is 0 Å². The molecule has 28 heavy (non-hydrogen) atoms. The zero-order chi connectivity index (χ0) is 20.5. The van der Waals surface area contributed by atoms with Gasteiger partial charge in [0.15, 0.2) is 5.78 Å². The summed E-state index contributed by atoms with van der Waals surface area (Å²) in [5.41, 5.74) is 9.19. The van der Waals surface area contributed by atoms with Crippen LogP contribution in [0.25, 0.3) is 10.4 Å². The maximum Gasteiger partial charge on any atom is 0.251 e. The van der Waals surface area contributed by atoms with Crippen LogP contribution >= 0.6 is 0 Å². The first-order valence-electron chi connectivity index (χ1n) is 8.71. The van der Waals surface area contributed by atoms with Crippen LogP contribution in [0.1, 0.15) is 53.1 Å². The number of amides is 1. The van der Waals surface area contributed by atoms with E-state index in [9.17, 15) is 14.7 Å². The summed E-state index contributed by atoms with van der Waals surface area (Å²) in [7, 11) is 0. The van der Waals surface area contributed by atoms with Gasteiger partial charge in [0, 0.05) is 27.3 Å². The lowest BCUT2D eigenvalue weighted by atomic mass is 9.85. The Morgan fingerprint density at radius 1 is 1.21 bits per heavy atom. The number of azide groups is 1. The normalized spacial score (nSPS) is 19.6. The van der Waals surface area contributed by atoms with Gasteiger partial charge >= 0.3 is 0 Å². The third-order valence-electron chi connectivity index (χ3n) is 4.71. The minimum absolute atomic E-state index is 0.130. The molecule has 0 saturated heterocycles. The van der Waals surface area contributed by atoms with E-state index in [0.717, 1.165) is 0 Å². The van der Waals surface area contributed by atoms with Gasteiger partial charge < -0.3 is 15.2 Å². The fourth-order valence-corrected chi connectivity index (χ4v) is 3.16. The number of hydrogen-bond acceptors (Lipinski definition) is 5. The number of hydrogen-bond donors (Lipinski definition) is 2. The van der Waals surface area contributed by atoms with Crippen LogP contribution < -0.4 is 10.1 Å². The summed E-state index contributed by atoms with van der Waals surface area (Å²) in [6.45, 7) is 4.89. The topological polar surface area (TPSA) is 124 Å². The van der Waals surface area contributed by atoms with Gasteiger partial charge in [-0.25, -0.2) is 0 Å². The quantitative estimate of drug-likeness (QED) is 0.362. The maximum absolute atomic E-state index is 12.8. The number of nitrogens with zero attached hydrogens (tertiary/aromatic N) is 3. The minimum Gasteiger partial charge on any atom is -0.485 e. The summed E-state index contributed by atoms with van der Waals surface area (Å²) in [6, 6.07) is 10.4. The number of Topliss-reactive ketones (excluding diaryl/α,β-unsaturated/α-hetero) is 1. The minimum atomic E-state index is -1.05. The highest BCUT2D eigenvalue weighted by Crippen LogP contribution is 2.40. The number of aliphatic hydroxyl groups excluding tert-OH is 1. The molecule has 1 heterocycles. The van der Waals surface area contributed by atoms with Crippen LogP contribution in [0.3, 0.4) is 0 Å². The number of nitrogens with one attached hydrogen (secondary N) is 1. The van der Waals surface area contributed by atoms with E-state index in [4.69, 9.17) is 10.3 Å². The number of carbonyl (C=O) groups excluding carboxylic acids is 2. The number of carbonyl (C=O) groups is 2. The second kappa shape index (κ2) is 7.34. The number of fused-ring (bicyclic) bond motifs is 1. The first kappa shape index (κ1) is 19.4. The zero-order valence-electron chi connectivity index (χ0n) is 15.7. The zero-order valence-corrected chi connectivity index (χ0v) is 15.7. The van der Waals surface area contributed by atoms with E-state index in [2.05, 4.69) is 15.3 Å². The highest BCUT2D eigenvalue weighted by molar-refractivity contribution is 5.96. The Kier molecular flexibility index (Phi) is 5.09. The highest BCUT2D eigenvalue weighted by Gasteiger charge is 2.43. The fraction of sp³-hybridized carbons (Fsp3) is 0.300. The third-order valence-corrected chi connectivity index (χ3v) is 4.71. The molecule has 2 aromatic rings. The Bertz CT molecular complexity index is 995. The molecule has 0 spiro atoms. The molecule has 0 bridgehead atoms. The summed E-state index contributed by atoms with van der Waals surface area (Å²) < 4.78 is 5.87. The van der Waals surface area contributed by atoms with Gasteiger partial charge in [-0.15, -0.1) is 0 Å². The van der Waals surface area contributed by atoms with Crippen molar-refractivity contribution in [3.8, 4) is 5.75 Å². The van der Waals surface area contributed by atoms with E-state index in [-0.39, 0.29) is 11.3 Å². The predicted octanol–water partition coefficient (Wildman–Crippen LogP) is 3.83. The number of ketones is 1. The largest absolute Gasteiger partial charge is 0.485 e. The second-order valence-corrected chi connectivity index (χ2v) is 7.15. The van der Waals surface area contributed by atoms with Crippen LogP contribution in [0, 0.1) is 0 Å². The van der Waals surface area contributed by atoms with Gasteiger partial charge in [-0.2, -0.15) is 0 Å². The van der Waals surface area contributed by atoms with Gasteiger partial charge in [0.1, 0.15) is 17.5 Å². The molecule has 0 radical (unpaired) electrons.